The van der Waals surface area contributed by atoms with Gasteiger partial charge in [0.15, 0.2) is 0 Å². The van der Waals surface area contributed by atoms with Crippen LogP contribution in [0.4, 0.5) is 0 Å². The van der Waals surface area contributed by atoms with E-state index in [0.717, 1.165) is 26.3 Å². The van der Waals surface area contributed by atoms with Crippen LogP contribution >= 0.6 is 15.8 Å². The van der Waals surface area contributed by atoms with Crippen molar-refractivity contribution in [1.82, 2.24) is 5.32 Å². The van der Waals surface area contributed by atoms with Crippen molar-refractivity contribution in [2.45, 2.75) is 0 Å². The fourth-order valence-corrected chi connectivity index (χ4v) is 1.98. The normalized spacial score (nSPS) is 13.9. The van der Waals surface area contributed by atoms with Gasteiger partial charge in [0, 0.05) is 13.1 Å². The Balaban J connectivity index is 0. The maximum atomic E-state index is 9.98. The zero-order chi connectivity index (χ0) is 18.9. The van der Waals surface area contributed by atoms with E-state index in [1.807, 2.05) is 28.2 Å². The van der Waals surface area contributed by atoms with Crippen LogP contribution in [0.25, 0.3) is 0 Å². The quantitative estimate of drug-likeness (QED) is 0.472. The predicted molar refractivity (Wildman–Crippen MR) is 94.8 cm³/mol. The first-order chi connectivity index (χ1) is 11.2. The van der Waals surface area contributed by atoms with Crippen LogP contribution in [0.15, 0.2) is 0 Å². The second kappa shape index (κ2) is 16.3. The molecule has 10 heteroatoms. The van der Waals surface area contributed by atoms with Crippen LogP contribution in [-0.4, -0.2) is 100.0 Å². The van der Waals surface area contributed by atoms with E-state index >= 15 is 0 Å². The summed E-state index contributed by atoms with van der Waals surface area (Å²) >= 11 is 0. The first-order valence-electron chi connectivity index (χ1n) is 7.60. The van der Waals surface area contributed by atoms with Gasteiger partial charge in [-0.15, -0.1) is 0 Å². The molecule has 24 heavy (non-hydrogen) atoms. The summed E-state index contributed by atoms with van der Waals surface area (Å²) in [5.74, 6) is 5.23. The molecule has 1 aliphatic heterocycles. The standard InChI is InChI=1S/2C5H11NO2P.C4H9NO/c2*1-6(2,3-4-7)5-9-8;1-3-6-4-2-5-1/h2*7H,3-4H2,1-2H3;5H,1-4H2/q2*+1;. The molecule has 1 heterocycles. The predicted octanol–water partition coefficient (Wildman–Crippen LogP) is 0.133. The number of morpholine rings is 1. The summed E-state index contributed by atoms with van der Waals surface area (Å²) in [7, 11) is 7.07. The van der Waals surface area contributed by atoms with Crippen LogP contribution in [0.3, 0.4) is 0 Å². The average Bonchev–Trinajstić information content (AvgIpc) is 2.50. The molecule has 0 amide bonds. The molecule has 3 N–H and O–H groups in total. The van der Waals surface area contributed by atoms with Gasteiger partial charge in [0.25, 0.3) is 0 Å². The summed E-state index contributed by atoms with van der Waals surface area (Å²) in [5.41, 5.74) is 0. The molecule has 1 saturated heterocycles. The Hall–Kier alpha value is -0.220. The number of rotatable bonds is 4. The van der Waals surface area contributed by atoms with Crippen molar-refractivity contribution in [3.63, 3.8) is 0 Å². The fourth-order valence-electron chi connectivity index (χ4n) is 1.34. The fraction of sp³-hybridized carbons (Fsp3) is 0.857. The van der Waals surface area contributed by atoms with Crippen molar-refractivity contribution in [2.24, 2.45) is 0 Å². The number of aliphatic hydroxyl groups is 2. The summed E-state index contributed by atoms with van der Waals surface area (Å²) in [6.45, 7) is 5.12. The number of hydrogen-bond donors (Lipinski definition) is 3. The van der Waals surface area contributed by atoms with E-state index in [1.54, 1.807) is 0 Å². The summed E-state index contributed by atoms with van der Waals surface area (Å²) in [6.07, 6.45) is 0. The Kier molecular flexibility index (Phi) is 17.6. The van der Waals surface area contributed by atoms with E-state index in [2.05, 4.69) is 16.8 Å². The third-order valence-electron chi connectivity index (χ3n) is 2.79. The Labute approximate surface area is 147 Å². The van der Waals surface area contributed by atoms with Crippen molar-refractivity contribution < 1.29 is 33.0 Å². The number of quaternary nitrogens is 2. The van der Waals surface area contributed by atoms with Gasteiger partial charge in [-0.2, -0.15) is 0 Å². The van der Waals surface area contributed by atoms with E-state index in [-0.39, 0.29) is 29.0 Å². The van der Waals surface area contributed by atoms with Crippen molar-refractivity contribution in [3.05, 3.63) is 0 Å². The van der Waals surface area contributed by atoms with E-state index < -0.39 is 0 Å². The van der Waals surface area contributed by atoms with Gasteiger partial charge in [0.1, 0.15) is 0 Å². The van der Waals surface area contributed by atoms with Crippen molar-refractivity contribution in [1.29, 1.82) is 0 Å². The molecule has 140 valence electrons. The number of nitrogens with one attached hydrogen (secondary N) is 1. The summed E-state index contributed by atoms with van der Waals surface area (Å²) < 4.78 is 25.7. The zero-order valence-electron chi connectivity index (χ0n) is 15.1. The molecule has 8 nitrogen and oxygen atoms in total. The monoisotopic (exact) mass is 383 g/mol. The SMILES string of the molecule is C1COCCN1.C[N+](C)(C#P=O)CCO.C[N+](C)(C#P=O)CCO. The number of hydrogen-bond acceptors (Lipinski definition) is 6. The van der Waals surface area contributed by atoms with E-state index in [4.69, 9.17) is 14.9 Å². The van der Waals surface area contributed by atoms with Gasteiger partial charge >= 0.3 is 110 Å². The van der Waals surface area contributed by atoms with E-state index in [9.17, 15) is 9.13 Å². The minimum absolute atomic E-state index is 0.0928. The molecule has 0 aromatic rings. The van der Waals surface area contributed by atoms with E-state index in [0.29, 0.717) is 22.1 Å². The average molecular weight is 383 g/mol. The first kappa shape index (κ1) is 26.0. The molecule has 0 atom stereocenters. The molecular weight excluding hydrogens is 352 g/mol. The Morgan fingerprint density at radius 2 is 1.29 bits per heavy atom. The van der Waals surface area contributed by atoms with Gasteiger partial charge in [0.05, 0.1) is 13.2 Å². The van der Waals surface area contributed by atoms with Crippen LogP contribution in [0.1, 0.15) is 0 Å². The maximum absolute atomic E-state index is 9.98. The Morgan fingerprint density at radius 3 is 1.46 bits per heavy atom. The van der Waals surface area contributed by atoms with Gasteiger partial charge in [-0.05, 0) is 0 Å². The summed E-state index contributed by atoms with van der Waals surface area (Å²) in [5, 5.41) is 20.1. The van der Waals surface area contributed by atoms with Crippen LogP contribution in [-0.2, 0) is 13.9 Å². The molecule has 0 aromatic carbocycles. The van der Waals surface area contributed by atoms with Crippen LogP contribution in [0.5, 0.6) is 0 Å². The summed E-state index contributed by atoms with van der Waals surface area (Å²) in [4.78, 5) is 0. The molecule has 1 rings (SSSR count). The molecule has 1 fully saturated rings. The molecule has 0 bridgehead atoms. The first-order valence-corrected chi connectivity index (χ1v) is 9.22. The molecule has 0 unspecified atom stereocenters. The van der Waals surface area contributed by atoms with Crippen LogP contribution in [0.2, 0.25) is 0 Å². The molecular formula is C14H31N3O5P2+2. The molecule has 0 radical (unpaired) electrons. The number of likely N-dealkylation sites (N-methyl/N-ethyl adjacent to an activating group) is 2. The van der Waals surface area contributed by atoms with Gasteiger partial charge in [-0.1, -0.05) is 0 Å². The van der Waals surface area contributed by atoms with Gasteiger partial charge in [-0.3, -0.25) is 0 Å². The molecule has 0 aliphatic carbocycles. The van der Waals surface area contributed by atoms with Gasteiger partial charge in [0.2, 0.25) is 0 Å². The minimum atomic E-state index is -0.105. The van der Waals surface area contributed by atoms with Crippen LogP contribution < -0.4 is 5.32 Å². The van der Waals surface area contributed by atoms with Gasteiger partial charge in [-0.25, -0.2) is 0 Å². The van der Waals surface area contributed by atoms with Crippen molar-refractivity contribution in [3.8, 4) is 11.5 Å². The number of nitrogens with zero attached hydrogens (tertiary/aromatic N) is 2. The second-order valence-corrected chi connectivity index (χ2v) is 6.77. The van der Waals surface area contributed by atoms with E-state index in [1.165, 1.54) is 0 Å². The topological polar surface area (TPSA) is 95.9 Å². The third kappa shape index (κ3) is 19.8. The van der Waals surface area contributed by atoms with Gasteiger partial charge < -0.3 is 10.1 Å². The zero-order valence-corrected chi connectivity index (χ0v) is 16.9. The molecule has 1 aliphatic rings. The van der Waals surface area contributed by atoms with Crippen molar-refractivity contribution in [2.75, 3.05) is 80.8 Å². The third-order valence-corrected chi connectivity index (χ3v) is 4.03. The Bertz CT molecular complexity index is 459. The number of ether oxygens (including phenoxy) is 1. The molecule has 0 saturated carbocycles. The van der Waals surface area contributed by atoms with Crippen molar-refractivity contribution >= 4 is 15.8 Å². The second-order valence-electron chi connectivity index (χ2n) is 6.01. The number of aliphatic hydroxyl groups excluding tert-OH is 2. The molecule has 0 aromatic heterocycles. The molecule has 0 spiro atoms. The Morgan fingerprint density at radius 1 is 0.917 bits per heavy atom. The van der Waals surface area contributed by atoms with Crippen LogP contribution in [0, 0.1) is 11.5 Å². The summed E-state index contributed by atoms with van der Waals surface area (Å²) in [6, 6.07) is 0.